The molecule has 1 aromatic carbocycles. The molecular weight excluding hydrogens is 252 g/mol. The van der Waals surface area contributed by atoms with Gasteiger partial charge in [0.25, 0.3) is 0 Å². The second-order valence-corrected chi connectivity index (χ2v) is 5.39. The summed E-state index contributed by atoms with van der Waals surface area (Å²) in [6.07, 6.45) is 4.09. The zero-order valence-corrected chi connectivity index (χ0v) is 11.3. The van der Waals surface area contributed by atoms with Crippen LogP contribution in [0, 0.1) is 0 Å². The van der Waals surface area contributed by atoms with Crippen molar-refractivity contribution >= 4 is 16.8 Å². The molecule has 0 saturated heterocycles. The van der Waals surface area contributed by atoms with Gasteiger partial charge < -0.3 is 14.2 Å². The molecule has 1 aliphatic carbocycles. The molecule has 1 aliphatic rings. The smallest absolute Gasteiger partial charge is 0.198 e. The molecular formula is C16H16N2O2. The number of benzene rings is 1. The normalized spacial score (nSPS) is 16.4. The maximum absolute atomic E-state index is 5.77. The molecule has 3 aromatic rings. The molecule has 0 bridgehead atoms. The largest absolute Gasteiger partial charge is 0.467 e. The van der Waals surface area contributed by atoms with Crippen molar-refractivity contribution in [2.24, 2.45) is 0 Å². The van der Waals surface area contributed by atoms with E-state index in [2.05, 4.69) is 17.2 Å². The van der Waals surface area contributed by atoms with E-state index in [1.165, 1.54) is 12.8 Å². The maximum Gasteiger partial charge on any atom is 0.198 e. The zero-order valence-electron chi connectivity index (χ0n) is 11.3. The highest BCUT2D eigenvalue weighted by Crippen LogP contribution is 2.40. The quantitative estimate of drug-likeness (QED) is 0.758. The number of rotatable bonds is 4. The summed E-state index contributed by atoms with van der Waals surface area (Å²) in [5.74, 6) is 2.35. The Bertz CT molecular complexity index is 726. The third kappa shape index (κ3) is 2.07. The number of nitrogens with one attached hydrogen (secondary N) is 1. The topological polar surface area (TPSA) is 51.2 Å². The second-order valence-electron chi connectivity index (χ2n) is 5.39. The molecule has 0 radical (unpaired) electrons. The number of aromatic nitrogens is 1. The first-order valence-corrected chi connectivity index (χ1v) is 7.00. The van der Waals surface area contributed by atoms with Gasteiger partial charge in [-0.25, -0.2) is 4.98 Å². The molecule has 1 N–H and O–H groups in total. The van der Waals surface area contributed by atoms with Gasteiger partial charge in [-0.3, -0.25) is 0 Å². The molecule has 2 heterocycles. The van der Waals surface area contributed by atoms with Crippen LogP contribution in [0.15, 0.2) is 45.4 Å². The standard InChI is InChI=1S/C16H16N2O2/c1-10(14-3-2-8-19-14)17-12-6-7-15-13(9-12)18-16(20-15)11-4-5-11/h2-3,6-11,17H,4-5H2,1H3. The summed E-state index contributed by atoms with van der Waals surface area (Å²) in [6, 6.07) is 10.0. The van der Waals surface area contributed by atoms with E-state index >= 15 is 0 Å². The fourth-order valence-electron chi connectivity index (χ4n) is 2.40. The minimum atomic E-state index is 0.122. The summed E-state index contributed by atoms with van der Waals surface area (Å²) in [5, 5.41) is 3.42. The number of hydrogen-bond acceptors (Lipinski definition) is 4. The third-order valence-corrected chi connectivity index (χ3v) is 3.68. The van der Waals surface area contributed by atoms with Crippen molar-refractivity contribution in [1.82, 2.24) is 4.98 Å². The van der Waals surface area contributed by atoms with Crippen LogP contribution in [0.5, 0.6) is 0 Å². The lowest BCUT2D eigenvalue weighted by Gasteiger charge is -2.12. The monoisotopic (exact) mass is 268 g/mol. The van der Waals surface area contributed by atoms with Crippen LogP contribution in [0.3, 0.4) is 0 Å². The maximum atomic E-state index is 5.77. The van der Waals surface area contributed by atoms with Crippen LogP contribution in [0.2, 0.25) is 0 Å². The highest BCUT2D eigenvalue weighted by Gasteiger charge is 2.28. The van der Waals surface area contributed by atoms with Gasteiger partial charge in [0, 0.05) is 11.6 Å². The van der Waals surface area contributed by atoms with Gasteiger partial charge in [-0.15, -0.1) is 0 Å². The molecule has 0 amide bonds. The summed E-state index contributed by atoms with van der Waals surface area (Å²) in [7, 11) is 0. The van der Waals surface area contributed by atoms with Gasteiger partial charge in [0.15, 0.2) is 11.5 Å². The minimum Gasteiger partial charge on any atom is -0.467 e. The molecule has 1 fully saturated rings. The average Bonchev–Trinajstić information content (AvgIpc) is 3.00. The summed E-state index contributed by atoms with van der Waals surface area (Å²) in [4.78, 5) is 4.58. The Morgan fingerprint density at radius 1 is 1.30 bits per heavy atom. The van der Waals surface area contributed by atoms with Crippen molar-refractivity contribution in [3.8, 4) is 0 Å². The summed E-state index contributed by atoms with van der Waals surface area (Å²) in [6.45, 7) is 2.07. The minimum absolute atomic E-state index is 0.122. The van der Waals surface area contributed by atoms with E-state index in [-0.39, 0.29) is 6.04 Å². The Kier molecular flexibility index (Phi) is 2.55. The fourth-order valence-corrected chi connectivity index (χ4v) is 2.40. The molecule has 1 saturated carbocycles. The van der Waals surface area contributed by atoms with Gasteiger partial charge in [0.05, 0.1) is 12.3 Å². The van der Waals surface area contributed by atoms with Gasteiger partial charge >= 0.3 is 0 Å². The zero-order chi connectivity index (χ0) is 13.5. The molecule has 1 atom stereocenters. The van der Waals surface area contributed by atoms with Crippen LogP contribution in [-0.4, -0.2) is 4.98 Å². The van der Waals surface area contributed by atoms with E-state index in [0.29, 0.717) is 5.92 Å². The van der Waals surface area contributed by atoms with Crippen LogP contribution in [0.25, 0.3) is 11.1 Å². The van der Waals surface area contributed by atoms with E-state index < -0.39 is 0 Å². The molecule has 20 heavy (non-hydrogen) atoms. The van der Waals surface area contributed by atoms with E-state index in [0.717, 1.165) is 28.4 Å². The van der Waals surface area contributed by atoms with Crippen molar-refractivity contribution in [3.63, 3.8) is 0 Å². The predicted octanol–water partition coefficient (Wildman–Crippen LogP) is 4.47. The number of furan rings is 1. The van der Waals surface area contributed by atoms with E-state index in [4.69, 9.17) is 8.83 Å². The van der Waals surface area contributed by atoms with E-state index in [1.807, 2.05) is 30.3 Å². The van der Waals surface area contributed by atoms with Crippen LogP contribution < -0.4 is 5.32 Å². The van der Waals surface area contributed by atoms with Crippen LogP contribution in [-0.2, 0) is 0 Å². The van der Waals surface area contributed by atoms with Gasteiger partial charge in [0.2, 0.25) is 0 Å². The van der Waals surface area contributed by atoms with Crippen LogP contribution in [0.4, 0.5) is 5.69 Å². The lowest BCUT2D eigenvalue weighted by molar-refractivity contribution is 0.490. The van der Waals surface area contributed by atoms with Gasteiger partial charge in [-0.2, -0.15) is 0 Å². The van der Waals surface area contributed by atoms with Crippen molar-refractivity contribution in [2.75, 3.05) is 5.32 Å². The summed E-state index contributed by atoms with van der Waals surface area (Å²) >= 11 is 0. The number of anilines is 1. The molecule has 0 spiro atoms. The molecule has 0 aliphatic heterocycles. The highest BCUT2D eigenvalue weighted by atomic mass is 16.3. The lowest BCUT2D eigenvalue weighted by atomic mass is 10.2. The van der Waals surface area contributed by atoms with Crippen molar-refractivity contribution in [3.05, 3.63) is 48.2 Å². The summed E-state index contributed by atoms with van der Waals surface area (Å²) in [5.41, 5.74) is 2.81. The molecule has 4 heteroatoms. The molecule has 2 aromatic heterocycles. The van der Waals surface area contributed by atoms with Crippen molar-refractivity contribution < 1.29 is 8.83 Å². The first-order chi connectivity index (χ1) is 9.79. The predicted molar refractivity (Wildman–Crippen MR) is 76.7 cm³/mol. The third-order valence-electron chi connectivity index (χ3n) is 3.68. The SMILES string of the molecule is CC(Nc1ccc2oc(C3CC3)nc2c1)c1ccco1. The number of fused-ring (bicyclic) bond motifs is 1. The van der Waals surface area contributed by atoms with Crippen LogP contribution >= 0.6 is 0 Å². The van der Waals surface area contributed by atoms with Gasteiger partial charge in [0.1, 0.15) is 11.3 Å². The fraction of sp³-hybridized carbons (Fsp3) is 0.312. The Labute approximate surface area is 116 Å². The number of oxazole rings is 1. The van der Waals surface area contributed by atoms with Crippen molar-refractivity contribution in [1.29, 1.82) is 0 Å². The Hall–Kier alpha value is -2.23. The average molecular weight is 268 g/mol. The van der Waals surface area contributed by atoms with Crippen molar-refractivity contribution in [2.45, 2.75) is 31.7 Å². The molecule has 4 nitrogen and oxygen atoms in total. The Morgan fingerprint density at radius 2 is 2.20 bits per heavy atom. The van der Waals surface area contributed by atoms with E-state index in [1.54, 1.807) is 6.26 Å². The molecule has 102 valence electrons. The van der Waals surface area contributed by atoms with Crippen LogP contribution in [0.1, 0.15) is 43.4 Å². The van der Waals surface area contributed by atoms with E-state index in [9.17, 15) is 0 Å². The molecule has 4 rings (SSSR count). The molecule has 1 unspecified atom stereocenters. The van der Waals surface area contributed by atoms with Gasteiger partial charge in [-0.05, 0) is 50.1 Å². The lowest BCUT2D eigenvalue weighted by Crippen LogP contribution is -2.05. The number of hydrogen-bond donors (Lipinski definition) is 1. The van der Waals surface area contributed by atoms with Gasteiger partial charge in [-0.1, -0.05) is 0 Å². The highest BCUT2D eigenvalue weighted by molar-refractivity contribution is 5.77. The summed E-state index contributed by atoms with van der Waals surface area (Å²) < 4.78 is 11.2. The Balaban J connectivity index is 1.60. The number of nitrogens with zero attached hydrogens (tertiary/aromatic N) is 1. The Morgan fingerprint density at radius 3 is 2.95 bits per heavy atom. The second kappa shape index (κ2) is 4.40. The first kappa shape index (κ1) is 11.6. The first-order valence-electron chi connectivity index (χ1n) is 7.00.